The zero-order valence-electron chi connectivity index (χ0n) is 11.1. The minimum atomic E-state index is 0.888. The molecule has 0 heteroatoms. The van der Waals surface area contributed by atoms with E-state index in [2.05, 4.69) is 41.5 Å². The van der Waals surface area contributed by atoms with E-state index in [1.165, 1.54) is 25.7 Å². The van der Waals surface area contributed by atoms with Gasteiger partial charge in [-0.2, -0.15) is 0 Å². The van der Waals surface area contributed by atoms with Gasteiger partial charge in [-0.3, -0.25) is 0 Å². The highest BCUT2D eigenvalue weighted by atomic mass is 14.3. The van der Waals surface area contributed by atoms with Gasteiger partial charge in [-0.15, -0.1) is 0 Å². The molecular formula is C14H30. The summed E-state index contributed by atoms with van der Waals surface area (Å²) in [6.07, 6.45) is 5.42. The molecule has 0 aliphatic heterocycles. The highest BCUT2D eigenvalue weighted by Gasteiger charge is 2.24. The average molecular weight is 198 g/mol. The van der Waals surface area contributed by atoms with Gasteiger partial charge in [-0.05, 0) is 23.7 Å². The molecule has 0 spiro atoms. The first-order valence-corrected chi connectivity index (χ1v) is 6.58. The maximum Gasteiger partial charge on any atom is -0.0363 e. The third-order valence-corrected chi connectivity index (χ3v) is 4.16. The Labute approximate surface area is 91.5 Å². The number of hydrogen-bond acceptors (Lipinski definition) is 0. The van der Waals surface area contributed by atoms with Crippen LogP contribution in [0.3, 0.4) is 0 Å². The Bertz CT molecular complexity index is 128. The monoisotopic (exact) mass is 198 g/mol. The van der Waals surface area contributed by atoms with E-state index in [1.807, 2.05) is 0 Å². The summed E-state index contributed by atoms with van der Waals surface area (Å²) >= 11 is 0. The largest absolute Gasteiger partial charge is 0.0654 e. The molecule has 0 aromatic heterocycles. The molecule has 0 aliphatic rings. The second-order valence-corrected chi connectivity index (χ2v) is 5.08. The predicted molar refractivity (Wildman–Crippen MR) is 66.5 cm³/mol. The maximum absolute atomic E-state index is 2.45. The van der Waals surface area contributed by atoms with Crippen molar-refractivity contribution < 1.29 is 0 Å². The van der Waals surface area contributed by atoms with Gasteiger partial charge in [0.15, 0.2) is 0 Å². The van der Waals surface area contributed by atoms with Crippen molar-refractivity contribution in [3.8, 4) is 0 Å². The van der Waals surface area contributed by atoms with Crippen LogP contribution in [-0.2, 0) is 0 Å². The highest BCUT2D eigenvalue weighted by molar-refractivity contribution is 4.74. The molecule has 0 rings (SSSR count). The van der Waals surface area contributed by atoms with Crippen LogP contribution in [0, 0.1) is 23.7 Å². The lowest BCUT2D eigenvalue weighted by molar-refractivity contribution is 0.177. The van der Waals surface area contributed by atoms with Crippen molar-refractivity contribution in [2.75, 3.05) is 0 Å². The Morgan fingerprint density at radius 3 is 1.71 bits per heavy atom. The van der Waals surface area contributed by atoms with E-state index >= 15 is 0 Å². The fraction of sp³-hybridized carbons (Fsp3) is 1.00. The van der Waals surface area contributed by atoms with Crippen LogP contribution in [0.2, 0.25) is 0 Å². The van der Waals surface area contributed by atoms with Gasteiger partial charge in [0.1, 0.15) is 0 Å². The summed E-state index contributed by atoms with van der Waals surface area (Å²) in [7, 11) is 0. The van der Waals surface area contributed by atoms with Crippen LogP contribution in [0.5, 0.6) is 0 Å². The first kappa shape index (κ1) is 14.0. The molecule has 0 saturated carbocycles. The van der Waals surface area contributed by atoms with E-state index in [9.17, 15) is 0 Å². The molecule has 0 fully saturated rings. The Kier molecular flexibility index (Phi) is 7.31. The molecule has 0 radical (unpaired) electrons. The minimum Gasteiger partial charge on any atom is -0.0654 e. The van der Waals surface area contributed by atoms with Crippen molar-refractivity contribution in [2.24, 2.45) is 23.7 Å². The summed E-state index contributed by atoms with van der Waals surface area (Å²) < 4.78 is 0. The van der Waals surface area contributed by atoms with E-state index in [0.717, 1.165) is 23.7 Å². The molecule has 0 N–H and O–H groups in total. The summed E-state index contributed by atoms with van der Waals surface area (Å²) in [5.41, 5.74) is 0. The standard InChI is InChI=1S/C14H30/c1-7-10-12(5)14(9-3)13(6)11(4)8-2/h11-14H,7-10H2,1-6H3. The maximum atomic E-state index is 2.45. The van der Waals surface area contributed by atoms with Crippen molar-refractivity contribution in [3.05, 3.63) is 0 Å². The lowest BCUT2D eigenvalue weighted by Crippen LogP contribution is -2.24. The molecule has 4 unspecified atom stereocenters. The Morgan fingerprint density at radius 2 is 1.36 bits per heavy atom. The van der Waals surface area contributed by atoms with E-state index < -0.39 is 0 Å². The van der Waals surface area contributed by atoms with Gasteiger partial charge in [0.05, 0.1) is 0 Å². The first-order chi connectivity index (χ1) is 6.58. The van der Waals surface area contributed by atoms with Gasteiger partial charge in [-0.1, -0.05) is 67.2 Å². The molecule has 0 aromatic carbocycles. The van der Waals surface area contributed by atoms with Crippen molar-refractivity contribution in [2.45, 2.75) is 67.2 Å². The van der Waals surface area contributed by atoms with Gasteiger partial charge in [-0.25, -0.2) is 0 Å². The fourth-order valence-electron chi connectivity index (χ4n) is 2.76. The molecule has 0 aromatic rings. The Hall–Kier alpha value is 0. The molecule has 0 aliphatic carbocycles. The van der Waals surface area contributed by atoms with Gasteiger partial charge >= 0.3 is 0 Å². The minimum absolute atomic E-state index is 0.888. The number of rotatable bonds is 7. The first-order valence-electron chi connectivity index (χ1n) is 6.58. The highest BCUT2D eigenvalue weighted by Crippen LogP contribution is 2.33. The smallest absolute Gasteiger partial charge is 0.0363 e. The molecule has 4 atom stereocenters. The topological polar surface area (TPSA) is 0 Å². The van der Waals surface area contributed by atoms with E-state index in [4.69, 9.17) is 0 Å². The summed E-state index contributed by atoms with van der Waals surface area (Å²) in [5, 5.41) is 0. The Morgan fingerprint density at radius 1 is 0.786 bits per heavy atom. The second kappa shape index (κ2) is 7.31. The van der Waals surface area contributed by atoms with Crippen LogP contribution >= 0.6 is 0 Å². The Balaban J connectivity index is 4.23. The zero-order valence-corrected chi connectivity index (χ0v) is 11.1. The summed E-state index contributed by atoms with van der Waals surface area (Å²) in [5.74, 6) is 3.63. The normalized spacial score (nSPS) is 20.1. The van der Waals surface area contributed by atoms with Crippen molar-refractivity contribution >= 4 is 0 Å². The molecule has 0 nitrogen and oxygen atoms in total. The van der Waals surface area contributed by atoms with Gasteiger partial charge in [0.2, 0.25) is 0 Å². The summed E-state index contributed by atoms with van der Waals surface area (Å²) in [6, 6.07) is 0. The van der Waals surface area contributed by atoms with Crippen LogP contribution < -0.4 is 0 Å². The van der Waals surface area contributed by atoms with E-state index in [0.29, 0.717) is 0 Å². The molecule has 0 amide bonds. The van der Waals surface area contributed by atoms with Gasteiger partial charge in [0, 0.05) is 0 Å². The molecular weight excluding hydrogens is 168 g/mol. The van der Waals surface area contributed by atoms with E-state index in [1.54, 1.807) is 0 Å². The van der Waals surface area contributed by atoms with Crippen LogP contribution in [-0.4, -0.2) is 0 Å². The SMILES string of the molecule is CCCC(C)C(CC)C(C)C(C)CC. The second-order valence-electron chi connectivity index (χ2n) is 5.08. The van der Waals surface area contributed by atoms with Crippen molar-refractivity contribution in [3.63, 3.8) is 0 Å². The third kappa shape index (κ3) is 4.02. The average Bonchev–Trinajstić information content (AvgIpc) is 2.18. The van der Waals surface area contributed by atoms with Crippen LogP contribution in [0.1, 0.15) is 67.2 Å². The fourth-order valence-corrected chi connectivity index (χ4v) is 2.76. The molecule has 86 valence electrons. The van der Waals surface area contributed by atoms with Crippen LogP contribution in [0.25, 0.3) is 0 Å². The predicted octanol–water partition coefficient (Wildman–Crippen LogP) is 5.13. The van der Waals surface area contributed by atoms with Gasteiger partial charge in [0.25, 0.3) is 0 Å². The number of hydrogen-bond donors (Lipinski definition) is 0. The third-order valence-electron chi connectivity index (χ3n) is 4.16. The molecule has 0 bridgehead atoms. The van der Waals surface area contributed by atoms with Crippen molar-refractivity contribution in [1.82, 2.24) is 0 Å². The quantitative estimate of drug-likeness (QED) is 0.532. The summed E-state index contributed by atoms with van der Waals surface area (Å²) in [6.45, 7) is 14.3. The van der Waals surface area contributed by atoms with Crippen LogP contribution in [0.4, 0.5) is 0 Å². The van der Waals surface area contributed by atoms with Crippen molar-refractivity contribution in [1.29, 1.82) is 0 Å². The molecule has 0 heterocycles. The molecule has 14 heavy (non-hydrogen) atoms. The zero-order chi connectivity index (χ0) is 11.1. The lowest BCUT2D eigenvalue weighted by Gasteiger charge is -2.32. The van der Waals surface area contributed by atoms with E-state index in [-0.39, 0.29) is 0 Å². The molecule has 0 saturated heterocycles. The summed E-state index contributed by atoms with van der Waals surface area (Å²) in [4.78, 5) is 0. The van der Waals surface area contributed by atoms with Gasteiger partial charge < -0.3 is 0 Å². The van der Waals surface area contributed by atoms with Crippen LogP contribution in [0.15, 0.2) is 0 Å². The lowest BCUT2D eigenvalue weighted by atomic mass is 9.74.